The Morgan fingerprint density at radius 1 is 1.26 bits per heavy atom. The highest BCUT2D eigenvalue weighted by molar-refractivity contribution is 8.26. The molecule has 6 heteroatoms. The molecule has 0 aromatic heterocycles. The number of unbranched alkanes of at least 4 members (excludes halogenated alkanes) is 1. The van der Waals surface area contributed by atoms with Crippen LogP contribution in [0.25, 0.3) is 6.08 Å². The van der Waals surface area contributed by atoms with Crippen LogP contribution in [0.3, 0.4) is 0 Å². The molecule has 27 heavy (non-hydrogen) atoms. The highest BCUT2D eigenvalue weighted by Gasteiger charge is 2.31. The zero-order valence-corrected chi connectivity index (χ0v) is 17.5. The fourth-order valence-electron chi connectivity index (χ4n) is 2.64. The van der Waals surface area contributed by atoms with E-state index in [9.17, 15) is 9.59 Å². The third-order valence-corrected chi connectivity index (χ3v) is 5.44. The van der Waals surface area contributed by atoms with Gasteiger partial charge in [-0.25, -0.2) is 0 Å². The minimum Gasteiger partial charge on any atom is -0.356 e. The van der Waals surface area contributed by atoms with Crippen molar-refractivity contribution in [3.63, 3.8) is 0 Å². The van der Waals surface area contributed by atoms with E-state index in [0.717, 1.165) is 24.0 Å². The van der Waals surface area contributed by atoms with E-state index in [1.165, 1.54) is 11.8 Å². The largest absolute Gasteiger partial charge is 0.356 e. The van der Waals surface area contributed by atoms with Crippen LogP contribution in [0.15, 0.2) is 46.9 Å². The van der Waals surface area contributed by atoms with Crippen molar-refractivity contribution >= 4 is 46.2 Å². The van der Waals surface area contributed by atoms with Crippen LogP contribution >= 0.6 is 24.0 Å². The lowest BCUT2D eigenvalue weighted by Crippen LogP contribution is -2.30. The van der Waals surface area contributed by atoms with E-state index >= 15 is 0 Å². The molecule has 1 aliphatic heterocycles. The summed E-state index contributed by atoms with van der Waals surface area (Å²) in [5, 5.41) is 2.89. The molecule has 0 aliphatic carbocycles. The van der Waals surface area contributed by atoms with Crippen molar-refractivity contribution < 1.29 is 9.59 Å². The molecule has 1 aromatic carbocycles. The summed E-state index contributed by atoms with van der Waals surface area (Å²) in [6.07, 6.45) is 6.97. The minimum absolute atomic E-state index is 0.0334. The van der Waals surface area contributed by atoms with Crippen LogP contribution in [0.4, 0.5) is 0 Å². The number of carbonyl (C=O) groups is 2. The fourth-order valence-corrected chi connectivity index (χ4v) is 4.00. The smallest absolute Gasteiger partial charge is 0.266 e. The van der Waals surface area contributed by atoms with E-state index in [1.54, 1.807) is 4.90 Å². The zero-order valence-electron chi connectivity index (χ0n) is 15.9. The Balaban J connectivity index is 1.88. The van der Waals surface area contributed by atoms with Crippen LogP contribution < -0.4 is 5.32 Å². The Hall–Kier alpha value is -1.92. The average molecular weight is 403 g/mol. The molecular weight excluding hydrogens is 376 g/mol. The Kier molecular flexibility index (Phi) is 8.75. The van der Waals surface area contributed by atoms with Gasteiger partial charge in [-0.15, -0.1) is 0 Å². The van der Waals surface area contributed by atoms with Crippen molar-refractivity contribution in [2.75, 3.05) is 13.1 Å². The molecule has 1 N–H and O–H groups in total. The number of carbonyl (C=O) groups excluding carboxylic acids is 2. The van der Waals surface area contributed by atoms with Gasteiger partial charge in [-0.05, 0) is 37.0 Å². The van der Waals surface area contributed by atoms with Gasteiger partial charge in [0, 0.05) is 19.5 Å². The van der Waals surface area contributed by atoms with E-state index in [4.69, 9.17) is 12.2 Å². The van der Waals surface area contributed by atoms with Crippen LogP contribution in [-0.2, 0) is 9.59 Å². The lowest BCUT2D eigenvalue weighted by atomic mass is 10.1. The summed E-state index contributed by atoms with van der Waals surface area (Å²) < 4.78 is 0.560. The van der Waals surface area contributed by atoms with E-state index in [0.29, 0.717) is 35.2 Å². The highest BCUT2D eigenvalue weighted by Crippen LogP contribution is 2.32. The molecule has 0 spiro atoms. The third-order valence-electron chi connectivity index (χ3n) is 4.06. The summed E-state index contributed by atoms with van der Waals surface area (Å²) >= 11 is 6.67. The number of hydrogen-bond acceptors (Lipinski definition) is 4. The van der Waals surface area contributed by atoms with Crippen molar-refractivity contribution in [1.29, 1.82) is 0 Å². The zero-order chi connectivity index (χ0) is 19.6. The van der Waals surface area contributed by atoms with Gasteiger partial charge in [-0.1, -0.05) is 73.7 Å². The van der Waals surface area contributed by atoms with Gasteiger partial charge < -0.3 is 5.32 Å². The predicted molar refractivity (Wildman–Crippen MR) is 117 cm³/mol. The lowest BCUT2D eigenvalue weighted by Gasteiger charge is -2.14. The second-order valence-electron chi connectivity index (χ2n) is 6.44. The van der Waals surface area contributed by atoms with Gasteiger partial charge in [0.2, 0.25) is 5.91 Å². The summed E-state index contributed by atoms with van der Waals surface area (Å²) in [6, 6.07) is 9.98. The van der Waals surface area contributed by atoms with Crippen molar-refractivity contribution in [2.24, 2.45) is 0 Å². The van der Waals surface area contributed by atoms with Gasteiger partial charge in [0.25, 0.3) is 5.91 Å². The van der Waals surface area contributed by atoms with Gasteiger partial charge in [-0.3, -0.25) is 14.5 Å². The van der Waals surface area contributed by atoms with Crippen LogP contribution in [0.1, 0.15) is 45.1 Å². The minimum atomic E-state index is -0.0720. The monoisotopic (exact) mass is 402 g/mol. The number of rotatable bonds is 9. The standard InChI is InChI=1S/C21H26N2O2S2/c1-3-4-12-22-19(24)11-8-13-23-20(25)18(27-21(23)26)15-16(2)14-17-9-6-5-7-10-17/h5-7,9-10,14-15H,3-4,8,11-13H2,1-2H3,(H,22,24). The van der Waals surface area contributed by atoms with Crippen LogP contribution in [0.5, 0.6) is 0 Å². The first-order valence-corrected chi connectivity index (χ1v) is 10.5. The Morgan fingerprint density at radius 2 is 2.00 bits per heavy atom. The predicted octanol–water partition coefficient (Wildman–Crippen LogP) is 4.53. The van der Waals surface area contributed by atoms with Crippen LogP contribution in [-0.4, -0.2) is 34.1 Å². The van der Waals surface area contributed by atoms with Gasteiger partial charge >= 0.3 is 0 Å². The number of thiocarbonyl (C=S) groups is 1. The average Bonchev–Trinajstić information content (AvgIpc) is 2.90. The van der Waals surface area contributed by atoms with Gasteiger partial charge in [0.1, 0.15) is 4.32 Å². The van der Waals surface area contributed by atoms with Gasteiger partial charge in [0.15, 0.2) is 0 Å². The number of amides is 2. The first kappa shape index (κ1) is 21.4. The number of benzene rings is 1. The molecule has 1 saturated heterocycles. The lowest BCUT2D eigenvalue weighted by molar-refractivity contribution is -0.124. The molecule has 144 valence electrons. The molecule has 0 atom stereocenters. The number of hydrogen-bond donors (Lipinski definition) is 1. The summed E-state index contributed by atoms with van der Waals surface area (Å²) in [5.41, 5.74) is 2.09. The number of nitrogens with one attached hydrogen (secondary N) is 1. The number of thioether (sulfide) groups is 1. The molecule has 0 radical (unpaired) electrons. The highest BCUT2D eigenvalue weighted by atomic mass is 32.2. The first-order chi connectivity index (χ1) is 13.0. The van der Waals surface area contributed by atoms with E-state index in [1.807, 2.05) is 49.4 Å². The van der Waals surface area contributed by atoms with Crippen molar-refractivity contribution in [3.05, 3.63) is 52.4 Å². The SMILES string of the molecule is CCCCNC(=O)CCCN1C(=O)C(=CC(C)=Cc2ccccc2)SC1=S. The summed E-state index contributed by atoms with van der Waals surface area (Å²) in [4.78, 5) is 26.6. The summed E-state index contributed by atoms with van der Waals surface area (Å²) in [7, 11) is 0. The maximum absolute atomic E-state index is 12.6. The van der Waals surface area contributed by atoms with Crippen LogP contribution in [0, 0.1) is 0 Å². The molecule has 1 aliphatic rings. The molecule has 0 bridgehead atoms. The molecule has 1 aromatic rings. The van der Waals surface area contributed by atoms with E-state index < -0.39 is 0 Å². The van der Waals surface area contributed by atoms with Crippen LogP contribution in [0.2, 0.25) is 0 Å². The second-order valence-corrected chi connectivity index (χ2v) is 8.12. The Labute approximate surface area is 171 Å². The van der Waals surface area contributed by atoms with Gasteiger partial charge in [0.05, 0.1) is 4.91 Å². The Morgan fingerprint density at radius 3 is 2.70 bits per heavy atom. The molecule has 2 amide bonds. The molecule has 2 rings (SSSR count). The number of allylic oxidation sites excluding steroid dienone is 2. The summed E-state index contributed by atoms with van der Waals surface area (Å²) in [5.74, 6) is -0.0386. The molecular formula is C21H26N2O2S2. The maximum atomic E-state index is 12.6. The molecule has 0 saturated carbocycles. The van der Waals surface area contributed by atoms with E-state index in [-0.39, 0.29) is 11.8 Å². The fraction of sp³-hybridized carbons (Fsp3) is 0.381. The van der Waals surface area contributed by atoms with E-state index in [2.05, 4.69) is 12.2 Å². The number of nitrogens with zero attached hydrogens (tertiary/aromatic N) is 1. The molecule has 1 heterocycles. The van der Waals surface area contributed by atoms with Gasteiger partial charge in [-0.2, -0.15) is 0 Å². The molecule has 1 fully saturated rings. The first-order valence-electron chi connectivity index (χ1n) is 9.26. The van der Waals surface area contributed by atoms with Crippen molar-refractivity contribution in [2.45, 2.75) is 39.5 Å². The molecule has 0 unspecified atom stereocenters. The molecule has 4 nitrogen and oxygen atoms in total. The third kappa shape index (κ3) is 6.96. The summed E-state index contributed by atoms with van der Waals surface area (Å²) in [6.45, 7) is 5.25. The quantitative estimate of drug-likeness (QED) is 0.374. The topological polar surface area (TPSA) is 49.4 Å². The Bertz CT molecular complexity index is 742. The van der Waals surface area contributed by atoms with Crippen molar-refractivity contribution in [3.8, 4) is 0 Å². The maximum Gasteiger partial charge on any atom is 0.266 e. The second kappa shape index (κ2) is 11.0. The van der Waals surface area contributed by atoms with Crippen molar-refractivity contribution in [1.82, 2.24) is 10.2 Å². The normalized spacial score (nSPS) is 16.3.